The predicted molar refractivity (Wildman–Crippen MR) is 232 cm³/mol. The van der Waals surface area contributed by atoms with Crippen LogP contribution >= 0.6 is 0 Å². The first-order chi connectivity index (χ1) is 26.7. The third-order valence-electron chi connectivity index (χ3n) is 10.3. The first-order valence-corrected chi connectivity index (χ1v) is 20.5. The lowest BCUT2D eigenvalue weighted by molar-refractivity contribution is 0.609. The molecule has 0 aliphatic rings. The van der Waals surface area contributed by atoms with Crippen LogP contribution in [0.4, 0.5) is 22.7 Å². The van der Waals surface area contributed by atoms with Crippen molar-refractivity contribution in [2.24, 2.45) is 0 Å². The van der Waals surface area contributed by atoms with Gasteiger partial charge in [-0.3, -0.25) is 4.98 Å². The minimum atomic E-state index is 0.875. The fourth-order valence-electron chi connectivity index (χ4n) is 7.27. The van der Waals surface area contributed by atoms with Crippen molar-refractivity contribution in [1.82, 2.24) is 9.97 Å². The van der Waals surface area contributed by atoms with Crippen LogP contribution in [-0.4, -0.2) is 23.1 Å². The molecule has 4 aromatic carbocycles. The van der Waals surface area contributed by atoms with Crippen molar-refractivity contribution in [2.75, 3.05) is 22.9 Å². The number of anilines is 4. The van der Waals surface area contributed by atoms with E-state index in [9.17, 15) is 0 Å². The highest BCUT2D eigenvalue weighted by molar-refractivity contribution is 5.77. The maximum Gasteiger partial charge on any atom is 0.0899 e. The molecule has 54 heavy (non-hydrogen) atoms. The van der Waals surface area contributed by atoms with Gasteiger partial charge in [-0.25, -0.2) is 4.98 Å². The molecule has 2 aromatic heterocycles. The molecule has 4 heteroatoms. The number of hydrogen-bond donors (Lipinski definition) is 0. The van der Waals surface area contributed by atoms with Crippen LogP contribution in [0.15, 0.2) is 146 Å². The third kappa shape index (κ3) is 10.9. The summed E-state index contributed by atoms with van der Waals surface area (Å²) in [6, 6.07) is 50.1. The van der Waals surface area contributed by atoms with Crippen molar-refractivity contribution in [3.63, 3.8) is 0 Å². The maximum absolute atomic E-state index is 5.04. The van der Waals surface area contributed by atoms with E-state index in [1.165, 1.54) is 105 Å². The zero-order valence-electron chi connectivity index (χ0n) is 32.5. The molecule has 0 unspecified atom stereocenters. The Bertz CT molecular complexity index is 1870. The van der Waals surface area contributed by atoms with Crippen molar-refractivity contribution in [2.45, 2.75) is 90.9 Å². The minimum absolute atomic E-state index is 0.875. The van der Waals surface area contributed by atoms with Crippen LogP contribution in [0.1, 0.15) is 90.9 Å². The van der Waals surface area contributed by atoms with Crippen molar-refractivity contribution in [3.8, 4) is 33.8 Å². The second kappa shape index (κ2) is 20.9. The van der Waals surface area contributed by atoms with Gasteiger partial charge < -0.3 is 9.80 Å². The number of aromatic nitrogens is 2. The van der Waals surface area contributed by atoms with E-state index in [-0.39, 0.29) is 0 Å². The van der Waals surface area contributed by atoms with E-state index in [1.54, 1.807) is 0 Å². The predicted octanol–water partition coefficient (Wildman–Crippen LogP) is 14.5. The highest BCUT2D eigenvalue weighted by Gasteiger charge is 2.15. The Kier molecular flexibility index (Phi) is 14.9. The summed E-state index contributed by atoms with van der Waals surface area (Å²) in [5, 5.41) is 0. The molecule has 2 heterocycles. The summed E-state index contributed by atoms with van der Waals surface area (Å²) in [5.41, 5.74) is 11.1. The smallest absolute Gasteiger partial charge is 0.0899 e. The van der Waals surface area contributed by atoms with Gasteiger partial charge in [0, 0.05) is 47.6 Å². The van der Waals surface area contributed by atoms with Gasteiger partial charge in [0.15, 0.2) is 0 Å². The second-order valence-electron chi connectivity index (χ2n) is 14.4. The lowest BCUT2D eigenvalue weighted by atomic mass is 10.0. The van der Waals surface area contributed by atoms with Crippen molar-refractivity contribution >= 4 is 22.7 Å². The summed E-state index contributed by atoms with van der Waals surface area (Å²) >= 11 is 0. The number of rotatable bonds is 21. The van der Waals surface area contributed by atoms with Gasteiger partial charge in [0.1, 0.15) is 0 Å². The highest BCUT2D eigenvalue weighted by atomic mass is 15.1. The molecule has 0 fully saturated rings. The number of benzene rings is 4. The fourth-order valence-corrected chi connectivity index (χ4v) is 7.27. The third-order valence-corrected chi connectivity index (χ3v) is 10.3. The average molecular weight is 715 g/mol. The summed E-state index contributed by atoms with van der Waals surface area (Å²) in [6.07, 6.45) is 17.2. The van der Waals surface area contributed by atoms with Crippen LogP contribution in [-0.2, 0) is 0 Å². The summed E-state index contributed by atoms with van der Waals surface area (Å²) < 4.78 is 0. The largest absolute Gasteiger partial charge is 0.341 e. The van der Waals surface area contributed by atoms with Crippen LogP contribution < -0.4 is 9.80 Å². The lowest BCUT2D eigenvalue weighted by Crippen LogP contribution is -2.20. The second-order valence-corrected chi connectivity index (χ2v) is 14.4. The van der Waals surface area contributed by atoms with Gasteiger partial charge in [-0.1, -0.05) is 145 Å². The number of unbranched alkanes of at least 4 members (excludes halogenated alkanes) is 10. The minimum Gasteiger partial charge on any atom is -0.341 e. The van der Waals surface area contributed by atoms with Gasteiger partial charge in [0.25, 0.3) is 0 Å². The Morgan fingerprint density at radius 2 is 0.833 bits per heavy atom. The normalized spacial score (nSPS) is 11.1. The quantitative estimate of drug-likeness (QED) is 0.0695. The van der Waals surface area contributed by atoms with E-state index < -0.39 is 0 Å². The topological polar surface area (TPSA) is 32.3 Å². The zero-order valence-corrected chi connectivity index (χ0v) is 32.5. The molecule has 0 radical (unpaired) electrons. The first-order valence-electron chi connectivity index (χ1n) is 20.5. The van der Waals surface area contributed by atoms with Gasteiger partial charge in [-0.05, 0) is 96.8 Å². The van der Waals surface area contributed by atoms with E-state index in [0.29, 0.717) is 0 Å². The van der Waals surface area contributed by atoms with Gasteiger partial charge in [0.05, 0.1) is 17.1 Å². The highest BCUT2D eigenvalue weighted by Crippen LogP contribution is 2.34. The molecule has 0 atom stereocenters. The Balaban J connectivity index is 1.26. The van der Waals surface area contributed by atoms with E-state index in [2.05, 4.69) is 144 Å². The summed E-state index contributed by atoms with van der Waals surface area (Å²) in [7, 11) is 0. The van der Waals surface area contributed by atoms with Crippen LogP contribution in [0.5, 0.6) is 0 Å². The Labute approximate surface area is 325 Å². The van der Waals surface area contributed by atoms with Gasteiger partial charge in [0.2, 0.25) is 0 Å². The summed E-state index contributed by atoms with van der Waals surface area (Å²) in [5.74, 6) is 0. The molecule has 0 bridgehead atoms. The standard InChI is InChI=1S/C50H58N4/c1-3-5-7-9-11-21-37-53(44-25-17-14-18-26-44)46-32-34-47(35-33-46)54(38-22-12-10-8-6-4-2)45-30-28-41(29-31-45)43-39-49(42-23-15-13-16-24-42)52-50(40-43)48-27-19-20-36-51-48/h13-20,23-36,39-40H,3-12,21-22,37-38H2,1-2H3. The van der Waals surface area contributed by atoms with Gasteiger partial charge >= 0.3 is 0 Å². The summed E-state index contributed by atoms with van der Waals surface area (Å²) in [6.45, 7) is 6.59. The van der Waals surface area contributed by atoms with E-state index in [0.717, 1.165) is 41.3 Å². The molecule has 0 spiro atoms. The Morgan fingerprint density at radius 1 is 0.370 bits per heavy atom. The van der Waals surface area contributed by atoms with Crippen molar-refractivity contribution < 1.29 is 0 Å². The molecule has 0 amide bonds. The molecule has 0 N–H and O–H groups in total. The molecule has 278 valence electrons. The lowest BCUT2D eigenvalue weighted by Gasteiger charge is -2.28. The Morgan fingerprint density at radius 3 is 1.37 bits per heavy atom. The number of hydrogen-bond acceptors (Lipinski definition) is 4. The first kappa shape index (κ1) is 38.5. The van der Waals surface area contributed by atoms with E-state index in [4.69, 9.17) is 4.98 Å². The molecule has 4 nitrogen and oxygen atoms in total. The molecule has 0 saturated heterocycles. The number of para-hydroxylation sites is 1. The molecule has 0 saturated carbocycles. The Hall–Kier alpha value is -5.22. The molecule has 0 aliphatic carbocycles. The van der Waals surface area contributed by atoms with Crippen LogP contribution in [0, 0.1) is 0 Å². The van der Waals surface area contributed by atoms with Crippen molar-refractivity contribution in [1.29, 1.82) is 0 Å². The number of pyridine rings is 2. The van der Waals surface area contributed by atoms with E-state index in [1.807, 2.05) is 30.5 Å². The van der Waals surface area contributed by atoms with Crippen LogP contribution in [0.25, 0.3) is 33.8 Å². The fraction of sp³-hybridized carbons (Fsp3) is 0.320. The average Bonchev–Trinajstić information content (AvgIpc) is 3.24. The van der Waals surface area contributed by atoms with Gasteiger partial charge in [-0.2, -0.15) is 0 Å². The molecule has 0 aliphatic heterocycles. The monoisotopic (exact) mass is 714 g/mol. The molecular formula is C50H58N4. The molecule has 6 rings (SSSR count). The summed E-state index contributed by atoms with van der Waals surface area (Å²) in [4.78, 5) is 14.7. The molecule has 6 aromatic rings. The van der Waals surface area contributed by atoms with Crippen molar-refractivity contribution in [3.05, 3.63) is 146 Å². The van der Waals surface area contributed by atoms with E-state index >= 15 is 0 Å². The van der Waals surface area contributed by atoms with Gasteiger partial charge in [-0.15, -0.1) is 0 Å². The zero-order chi connectivity index (χ0) is 37.2. The maximum atomic E-state index is 5.04. The SMILES string of the molecule is CCCCCCCCN(c1ccccc1)c1ccc(N(CCCCCCCC)c2ccc(-c3cc(-c4ccccc4)nc(-c4ccccn4)c3)cc2)cc1. The number of nitrogens with zero attached hydrogens (tertiary/aromatic N) is 4. The van der Waals surface area contributed by atoms with Crippen LogP contribution in [0.2, 0.25) is 0 Å². The molecular weight excluding hydrogens is 657 g/mol. The van der Waals surface area contributed by atoms with Crippen LogP contribution in [0.3, 0.4) is 0 Å².